The van der Waals surface area contributed by atoms with E-state index >= 15 is 0 Å². The number of ether oxygens (including phenoxy) is 1. The fraction of sp³-hybridized carbons (Fsp3) is 0.350. The van der Waals surface area contributed by atoms with Gasteiger partial charge in [0.15, 0.2) is 0 Å². The average Bonchev–Trinajstić information content (AvgIpc) is 2.52. The minimum Gasteiger partial charge on any atom is -0.490 e. The van der Waals surface area contributed by atoms with Crippen LogP contribution in [0, 0.1) is 5.41 Å². The Kier molecular flexibility index (Phi) is 4.12. The van der Waals surface area contributed by atoms with E-state index < -0.39 is 0 Å². The highest BCUT2D eigenvalue weighted by Gasteiger charge is 2.24. The van der Waals surface area contributed by atoms with Crippen LogP contribution in [0.1, 0.15) is 36.7 Å². The van der Waals surface area contributed by atoms with Crippen LogP contribution in [0.5, 0.6) is 5.75 Å². The number of para-hydroxylation sites is 2. The van der Waals surface area contributed by atoms with E-state index in [1.54, 1.807) is 0 Å². The van der Waals surface area contributed by atoms with E-state index in [9.17, 15) is 4.79 Å². The lowest BCUT2D eigenvalue weighted by Crippen LogP contribution is -2.37. The standard InChI is InChI=1S/C20H23NO2/c1-20(2,3)14-15-7-6-8-16(13-15)19(22)21-11-12-23-18-10-5-4-9-17(18)21/h4-10,13H,11-12,14H2,1-3H3. The highest BCUT2D eigenvalue weighted by Crippen LogP contribution is 2.32. The molecule has 0 saturated heterocycles. The van der Waals surface area contributed by atoms with Gasteiger partial charge in [0, 0.05) is 5.56 Å². The highest BCUT2D eigenvalue weighted by atomic mass is 16.5. The highest BCUT2D eigenvalue weighted by molar-refractivity contribution is 6.07. The van der Waals surface area contributed by atoms with Crippen molar-refractivity contribution in [1.82, 2.24) is 0 Å². The normalized spacial score (nSPS) is 14.1. The predicted octanol–water partition coefficient (Wildman–Crippen LogP) is 4.31. The molecule has 0 aromatic heterocycles. The Labute approximate surface area is 137 Å². The summed E-state index contributed by atoms with van der Waals surface area (Å²) < 4.78 is 5.64. The van der Waals surface area contributed by atoms with Gasteiger partial charge in [0.25, 0.3) is 5.91 Å². The van der Waals surface area contributed by atoms with Gasteiger partial charge >= 0.3 is 0 Å². The van der Waals surface area contributed by atoms with Gasteiger partial charge < -0.3 is 9.64 Å². The second-order valence-corrected chi connectivity index (χ2v) is 7.21. The zero-order valence-electron chi connectivity index (χ0n) is 14.0. The van der Waals surface area contributed by atoms with E-state index in [4.69, 9.17) is 4.74 Å². The number of anilines is 1. The predicted molar refractivity (Wildman–Crippen MR) is 93.2 cm³/mol. The van der Waals surface area contributed by atoms with E-state index in [0.29, 0.717) is 13.2 Å². The maximum atomic E-state index is 13.0. The summed E-state index contributed by atoms with van der Waals surface area (Å²) in [7, 11) is 0. The molecule has 1 heterocycles. The summed E-state index contributed by atoms with van der Waals surface area (Å²) in [5.74, 6) is 0.814. The van der Waals surface area contributed by atoms with E-state index in [2.05, 4.69) is 26.8 Å². The van der Waals surface area contributed by atoms with Crippen molar-refractivity contribution in [2.75, 3.05) is 18.1 Å². The SMILES string of the molecule is CC(C)(C)Cc1cccc(C(=O)N2CCOc3ccccc32)c1. The molecular formula is C20H23NO2. The Morgan fingerprint density at radius 2 is 1.91 bits per heavy atom. The molecular weight excluding hydrogens is 286 g/mol. The molecule has 1 amide bonds. The van der Waals surface area contributed by atoms with Gasteiger partial charge in [-0.05, 0) is 41.7 Å². The minimum absolute atomic E-state index is 0.0384. The van der Waals surface area contributed by atoms with Crippen molar-refractivity contribution in [2.24, 2.45) is 5.41 Å². The number of benzene rings is 2. The lowest BCUT2D eigenvalue weighted by molar-refractivity contribution is 0.0976. The first kappa shape index (κ1) is 15.6. The Morgan fingerprint density at radius 1 is 1.13 bits per heavy atom. The smallest absolute Gasteiger partial charge is 0.258 e. The summed E-state index contributed by atoms with van der Waals surface area (Å²) in [5, 5.41) is 0. The molecule has 3 heteroatoms. The molecule has 0 atom stereocenters. The molecule has 0 radical (unpaired) electrons. The number of fused-ring (bicyclic) bond motifs is 1. The van der Waals surface area contributed by atoms with Crippen LogP contribution in [0.3, 0.4) is 0 Å². The van der Waals surface area contributed by atoms with Gasteiger partial charge in [0.05, 0.1) is 12.2 Å². The van der Waals surface area contributed by atoms with Crippen LogP contribution in [0.25, 0.3) is 0 Å². The Bertz CT molecular complexity index is 716. The molecule has 1 aliphatic heterocycles. The number of hydrogen-bond donors (Lipinski definition) is 0. The molecule has 0 bridgehead atoms. The van der Waals surface area contributed by atoms with Gasteiger partial charge in [-0.25, -0.2) is 0 Å². The number of amides is 1. The zero-order valence-corrected chi connectivity index (χ0v) is 14.0. The molecule has 0 spiro atoms. The van der Waals surface area contributed by atoms with Gasteiger partial charge in [-0.1, -0.05) is 45.0 Å². The lowest BCUT2D eigenvalue weighted by atomic mass is 9.87. The first-order chi connectivity index (χ1) is 10.9. The quantitative estimate of drug-likeness (QED) is 0.827. The third-order valence-electron chi connectivity index (χ3n) is 3.88. The summed E-state index contributed by atoms with van der Waals surface area (Å²) in [4.78, 5) is 14.8. The van der Waals surface area contributed by atoms with Crippen LogP contribution in [0.2, 0.25) is 0 Å². The number of carbonyl (C=O) groups excluding carboxylic acids is 1. The summed E-state index contributed by atoms with van der Waals surface area (Å²) in [6.45, 7) is 7.74. The van der Waals surface area contributed by atoms with Crippen molar-refractivity contribution >= 4 is 11.6 Å². The van der Waals surface area contributed by atoms with Crippen molar-refractivity contribution in [2.45, 2.75) is 27.2 Å². The van der Waals surface area contributed by atoms with Crippen molar-refractivity contribution in [1.29, 1.82) is 0 Å². The molecule has 120 valence electrons. The van der Waals surface area contributed by atoms with Gasteiger partial charge in [0.1, 0.15) is 12.4 Å². The fourth-order valence-electron chi connectivity index (χ4n) is 2.96. The summed E-state index contributed by atoms with van der Waals surface area (Å²) >= 11 is 0. The molecule has 0 saturated carbocycles. The van der Waals surface area contributed by atoms with E-state index in [1.807, 2.05) is 47.4 Å². The first-order valence-electron chi connectivity index (χ1n) is 8.07. The molecule has 3 rings (SSSR count). The van der Waals surface area contributed by atoms with Crippen molar-refractivity contribution in [3.63, 3.8) is 0 Å². The third-order valence-corrected chi connectivity index (χ3v) is 3.88. The molecule has 1 aliphatic rings. The Balaban J connectivity index is 1.88. The maximum absolute atomic E-state index is 13.0. The average molecular weight is 309 g/mol. The molecule has 2 aromatic rings. The maximum Gasteiger partial charge on any atom is 0.258 e. The van der Waals surface area contributed by atoms with Crippen LogP contribution in [-0.2, 0) is 6.42 Å². The largest absolute Gasteiger partial charge is 0.490 e. The Hall–Kier alpha value is -2.29. The van der Waals surface area contributed by atoms with E-state index in [1.165, 1.54) is 5.56 Å². The molecule has 0 aliphatic carbocycles. The first-order valence-corrected chi connectivity index (χ1v) is 8.07. The van der Waals surface area contributed by atoms with Crippen molar-refractivity contribution in [3.05, 3.63) is 59.7 Å². The fourth-order valence-corrected chi connectivity index (χ4v) is 2.96. The van der Waals surface area contributed by atoms with Crippen LogP contribution >= 0.6 is 0 Å². The number of carbonyl (C=O) groups is 1. The molecule has 2 aromatic carbocycles. The number of hydrogen-bond acceptors (Lipinski definition) is 2. The van der Waals surface area contributed by atoms with Crippen LogP contribution < -0.4 is 9.64 Å². The topological polar surface area (TPSA) is 29.5 Å². The monoisotopic (exact) mass is 309 g/mol. The van der Waals surface area contributed by atoms with E-state index in [0.717, 1.165) is 23.4 Å². The van der Waals surface area contributed by atoms with Crippen molar-refractivity contribution < 1.29 is 9.53 Å². The van der Waals surface area contributed by atoms with Crippen LogP contribution in [-0.4, -0.2) is 19.1 Å². The molecule has 0 unspecified atom stereocenters. The molecule has 3 nitrogen and oxygen atoms in total. The Morgan fingerprint density at radius 3 is 2.70 bits per heavy atom. The number of rotatable bonds is 2. The zero-order chi connectivity index (χ0) is 16.4. The number of nitrogens with zero attached hydrogens (tertiary/aromatic N) is 1. The summed E-state index contributed by atoms with van der Waals surface area (Å²) in [6.07, 6.45) is 0.952. The minimum atomic E-state index is 0.0384. The van der Waals surface area contributed by atoms with Crippen LogP contribution in [0.15, 0.2) is 48.5 Å². The molecule has 0 fully saturated rings. The summed E-state index contributed by atoms with van der Waals surface area (Å²) in [5.41, 5.74) is 2.99. The van der Waals surface area contributed by atoms with E-state index in [-0.39, 0.29) is 11.3 Å². The second kappa shape index (κ2) is 6.07. The second-order valence-electron chi connectivity index (χ2n) is 7.21. The molecule has 0 N–H and O–H groups in total. The lowest BCUT2D eigenvalue weighted by Gasteiger charge is -2.29. The van der Waals surface area contributed by atoms with Crippen molar-refractivity contribution in [3.8, 4) is 5.75 Å². The van der Waals surface area contributed by atoms with Gasteiger partial charge in [-0.15, -0.1) is 0 Å². The van der Waals surface area contributed by atoms with Gasteiger partial charge in [-0.2, -0.15) is 0 Å². The molecule has 23 heavy (non-hydrogen) atoms. The third kappa shape index (κ3) is 3.55. The summed E-state index contributed by atoms with van der Waals surface area (Å²) in [6, 6.07) is 15.7. The van der Waals surface area contributed by atoms with Gasteiger partial charge in [-0.3, -0.25) is 4.79 Å². The van der Waals surface area contributed by atoms with Crippen LogP contribution in [0.4, 0.5) is 5.69 Å². The van der Waals surface area contributed by atoms with Gasteiger partial charge in [0.2, 0.25) is 0 Å².